The minimum Gasteiger partial charge on any atom is -0.497 e. The second-order valence-electron chi connectivity index (χ2n) is 10.3. The highest BCUT2D eigenvalue weighted by molar-refractivity contribution is 7.92. The largest absolute Gasteiger partial charge is 0.497 e. The maximum atomic E-state index is 14.1. The summed E-state index contributed by atoms with van der Waals surface area (Å²) in [5, 5.41) is 14.5. The lowest BCUT2D eigenvalue weighted by Gasteiger charge is -2.33. The summed E-state index contributed by atoms with van der Waals surface area (Å²) in [7, 11) is -3.00. The molecule has 0 aliphatic heterocycles. The number of hydrogen-bond donors (Lipinski definition) is 1. The molecule has 0 bridgehead atoms. The summed E-state index contributed by atoms with van der Waals surface area (Å²) in [5.41, 5.74) is 1.06. The number of anilines is 1. The van der Waals surface area contributed by atoms with Gasteiger partial charge in [0.05, 0.1) is 22.6 Å². The van der Waals surface area contributed by atoms with E-state index < -0.39 is 33.4 Å². The van der Waals surface area contributed by atoms with E-state index in [0.29, 0.717) is 30.7 Å². The number of nitrogens with one attached hydrogen (secondary N) is 1. The number of carbonyl (C=O) groups is 2. The number of hydrogen-bond acceptors (Lipinski definition) is 7. The Kier molecular flexibility index (Phi) is 12.3. The Morgan fingerprint density at radius 2 is 1.70 bits per heavy atom. The Bertz CT molecular complexity index is 1530. The van der Waals surface area contributed by atoms with Crippen LogP contribution in [0, 0.1) is 17.0 Å². The number of amides is 2. The Morgan fingerprint density at radius 1 is 1.02 bits per heavy atom. The van der Waals surface area contributed by atoms with E-state index >= 15 is 0 Å². The lowest BCUT2D eigenvalue weighted by molar-refractivity contribution is -0.385. The van der Waals surface area contributed by atoms with Gasteiger partial charge >= 0.3 is 0 Å². The molecule has 2 amide bonds. The highest BCUT2D eigenvalue weighted by Gasteiger charge is 2.34. The van der Waals surface area contributed by atoms with Gasteiger partial charge in [0.2, 0.25) is 11.8 Å². The van der Waals surface area contributed by atoms with Gasteiger partial charge in [-0.25, -0.2) is 8.42 Å². The van der Waals surface area contributed by atoms with E-state index in [2.05, 4.69) is 5.32 Å². The summed E-state index contributed by atoms with van der Waals surface area (Å²) in [6.07, 6.45) is 2.44. The number of nitro benzene ring substituents is 1. The number of aryl methyl sites for hydroxylation is 1. The number of ether oxygens (including phenoxy) is 1. The van der Waals surface area contributed by atoms with Crippen molar-refractivity contribution in [2.75, 3.05) is 31.0 Å². The lowest BCUT2D eigenvalue weighted by atomic mass is 10.1. The molecule has 0 heterocycles. The standard InChI is InChI=1S/C32H40N4O7S/c1-5-7-20-33-32(38)29(6-2)34(21-19-25-11-9-8-10-12-25)31(37)23-35(26-14-16-27(43-4)17-15-26)44(41,42)28-18-13-24(3)30(22-28)36(39)40/h8-18,22,29H,5-7,19-21,23H2,1-4H3,(H,33,38). The number of rotatable bonds is 16. The van der Waals surface area contributed by atoms with E-state index in [4.69, 9.17) is 4.74 Å². The molecule has 0 saturated heterocycles. The number of nitro groups is 1. The fraction of sp³-hybridized carbons (Fsp3) is 0.375. The smallest absolute Gasteiger partial charge is 0.273 e. The molecular formula is C32H40N4O7S. The number of benzene rings is 3. The van der Waals surface area contributed by atoms with Gasteiger partial charge in [0.25, 0.3) is 15.7 Å². The predicted molar refractivity (Wildman–Crippen MR) is 169 cm³/mol. The summed E-state index contributed by atoms with van der Waals surface area (Å²) in [5.74, 6) is -0.419. The molecule has 0 aliphatic rings. The van der Waals surface area contributed by atoms with Crippen molar-refractivity contribution in [2.24, 2.45) is 0 Å². The maximum Gasteiger partial charge on any atom is 0.273 e. The van der Waals surface area contributed by atoms with E-state index in [-0.39, 0.29) is 28.7 Å². The second-order valence-corrected chi connectivity index (χ2v) is 12.2. The molecule has 3 rings (SSSR count). The molecule has 1 N–H and O–H groups in total. The first-order valence-corrected chi connectivity index (χ1v) is 16.0. The molecule has 1 atom stereocenters. The minimum absolute atomic E-state index is 0.158. The van der Waals surface area contributed by atoms with Crippen LogP contribution in [0.1, 0.15) is 44.2 Å². The first kappa shape index (κ1) is 34.0. The normalized spacial score (nSPS) is 11.8. The molecule has 3 aromatic carbocycles. The third kappa shape index (κ3) is 8.56. The Morgan fingerprint density at radius 3 is 2.30 bits per heavy atom. The molecule has 44 heavy (non-hydrogen) atoms. The molecule has 0 fully saturated rings. The van der Waals surface area contributed by atoms with Gasteiger partial charge in [0, 0.05) is 24.7 Å². The van der Waals surface area contributed by atoms with Gasteiger partial charge in [-0.2, -0.15) is 0 Å². The van der Waals surface area contributed by atoms with Crippen molar-refractivity contribution in [3.05, 3.63) is 94.0 Å². The lowest BCUT2D eigenvalue weighted by Crippen LogP contribution is -2.53. The third-order valence-electron chi connectivity index (χ3n) is 7.30. The average Bonchev–Trinajstić information content (AvgIpc) is 3.02. The number of carbonyl (C=O) groups excluding carboxylic acids is 2. The Balaban J connectivity index is 2.05. The highest BCUT2D eigenvalue weighted by atomic mass is 32.2. The zero-order chi connectivity index (χ0) is 32.3. The molecule has 0 spiro atoms. The first-order valence-electron chi connectivity index (χ1n) is 14.6. The highest BCUT2D eigenvalue weighted by Crippen LogP contribution is 2.29. The summed E-state index contributed by atoms with van der Waals surface area (Å²) >= 11 is 0. The van der Waals surface area contributed by atoms with Gasteiger partial charge in [-0.05, 0) is 62.1 Å². The van der Waals surface area contributed by atoms with Crippen LogP contribution in [0.25, 0.3) is 0 Å². The molecule has 11 nitrogen and oxygen atoms in total. The second kappa shape index (κ2) is 15.9. The van der Waals surface area contributed by atoms with Gasteiger partial charge in [-0.15, -0.1) is 0 Å². The zero-order valence-corrected chi connectivity index (χ0v) is 26.4. The molecule has 0 aliphatic carbocycles. The molecule has 3 aromatic rings. The SMILES string of the molecule is CCCCNC(=O)C(CC)N(CCc1ccccc1)C(=O)CN(c1ccc(OC)cc1)S(=O)(=O)c1ccc(C)c([N+](=O)[O-])c1. The van der Waals surface area contributed by atoms with Gasteiger partial charge < -0.3 is 15.0 Å². The Labute approximate surface area is 259 Å². The minimum atomic E-state index is -4.47. The van der Waals surface area contributed by atoms with Crippen LogP contribution in [0.2, 0.25) is 0 Å². The predicted octanol–water partition coefficient (Wildman–Crippen LogP) is 4.87. The van der Waals surface area contributed by atoms with Gasteiger partial charge in [-0.1, -0.05) is 56.7 Å². The average molecular weight is 625 g/mol. The zero-order valence-electron chi connectivity index (χ0n) is 25.6. The molecular weight excluding hydrogens is 584 g/mol. The van der Waals surface area contributed by atoms with Crippen LogP contribution in [0.5, 0.6) is 5.75 Å². The van der Waals surface area contributed by atoms with E-state index in [0.717, 1.165) is 28.8 Å². The van der Waals surface area contributed by atoms with Crippen LogP contribution >= 0.6 is 0 Å². The molecule has 0 saturated carbocycles. The van der Waals surface area contributed by atoms with Crippen molar-refractivity contribution in [3.8, 4) is 5.75 Å². The monoisotopic (exact) mass is 624 g/mol. The summed E-state index contributed by atoms with van der Waals surface area (Å²) in [6.45, 7) is 5.33. The molecule has 1 unspecified atom stereocenters. The van der Waals surface area contributed by atoms with Gasteiger partial charge in [-0.3, -0.25) is 24.0 Å². The Hall–Kier alpha value is -4.45. The molecule has 12 heteroatoms. The number of methoxy groups -OCH3 is 1. The van der Waals surface area contributed by atoms with Crippen molar-refractivity contribution in [2.45, 2.75) is 57.4 Å². The van der Waals surface area contributed by atoms with Gasteiger partial charge in [0.1, 0.15) is 18.3 Å². The van der Waals surface area contributed by atoms with Crippen molar-refractivity contribution in [3.63, 3.8) is 0 Å². The molecule has 0 aromatic heterocycles. The fourth-order valence-electron chi connectivity index (χ4n) is 4.75. The maximum absolute atomic E-state index is 14.1. The number of nitrogens with zero attached hydrogens (tertiary/aromatic N) is 3. The first-order chi connectivity index (χ1) is 21.0. The van der Waals surface area contributed by atoms with E-state index in [9.17, 15) is 28.1 Å². The number of sulfonamides is 1. The van der Waals surface area contributed by atoms with Crippen LogP contribution in [-0.2, 0) is 26.0 Å². The van der Waals surface area contributed by atoms with E-state index in [1.54, 1.807) is 19.1 Å². The summed E-state index contributed by atoms with van der Waals surface area (Å²) < 4.78 is 34.3. The number of unbranched alkanes of at least 4 members (excludes halogenated alkanes) is 1. The third-order valence-corrected chi connectivity index (χ3v) is 9.07. The van der Waals surface area contributed by atoms with Crippen LogP contribution in [0.4, 0.5) is 11.4 Å². The van der Waals surface area contributed by atoms with Crippen LogP contribution < -0.4 is 14.4 Å². The van der Waals surface area contributed by atoms with E-state index in [1.807, 2.05) is 37.3 Å². The summed E-state index contributed by atoms with van der Waals surface area (Å²) in [6, 6.07) is 18.4. The topological polar surface area (TPSA) is 139 Å². The van der Waals surface area contributed by atoms with E-state index in [1.165, 1.54) is 43.2 Å². The van der Waals surface area contributed by atoms with Crippen LogP contribution in [0.15, 0.2) is 77.7 Å². The van der Waals surface area contributed by atoms with Crippen molar-refractivity contribution in [1.82, 2.24) is 10.2 Å². The van der Waals surface area contributed by atoms with Crippen molar-refractivity contribution in [1.29, 1.82) is 0 Å². The van der Waals surface area contributed by atoms with Crippen LogP contribution in [-0.4, -0.2) is 62.8 Å². The fourth-order valence-corrected chi connectivity index (χ4v) is 6.19. The quantitative estimate of drug-likeness (QED) is 0.136. The molecule has 0 radical (unpaired) electrons. The van der Waals surface area contributed by atoms with Crippen molar-refractivity contribution >= 4 is 33.2 Å². The molecule has 236 valence electrons. The van der Waals surface area contributed by atoms with Crippen molar-refractivity contribution < 1.29 is 27.7 Å². The van der Waals surface area contributed by atoms with Gasteiger partial charge in [0.15, 0.2) is 0 Å². The summed E-state index contributed by atoms with van der Waals surface area (Å²) in [4.78, 5) is 39.5. The van der Waals surface area contributed by atoms with Crippen LogP contribution in [0.3, 0.4) is 0 Å².